The van der Waals surface area contributed by atoms with E-state index in [2.05, 4.69) is 25.1 Å². The Morgan fingerprint density at radius 2 is 2.15 bits per heavy atom. The monoisotopic (exact) mass is 268 g/mol. The molecule has 1 aromatic rings. The Bertz CT molecular complexity index is 616. The van der Waals surface area contributed by atoms with E-state index in [0.717, 1.165) is 31.2 Å². The van der Waals surface area contributed by atoms with Gasteiger partial charge in [0.15, 0.2) is 0 Å². The van der Waals surface area contributed by atoms with Crippen LogP contribution in [0.5, 0.6) is 5.75 Å². The van der Waals surface area contributed by atoms with Crippen molar-refractivity contribution in [3.63, 3.8) is 0 Å². The van der Waals surface area contributed by atoms with Crippen LogP contribution in [0.25, 0.3) is 6.08 Å². The lowest BCUT2D eigenvalue weighted by atomic mass is 9.57. The van der Waals surface area contributed by atoms with Crippen molar-refractivity contribution in [2.75, 3.05) is 0 Å². The second-order valence-electron chi connectivity index (χ2n) is 6.88. The Balaban J connectivity index is 1.77. The average Bonchev–Trinajstić information content (AvgIpc) is 2.74. The van der Waals surface area contributed by atoms with E-state index < -0.39 is 0 Å². The van der Waals surface area contributed by atoms with E-state index in [1.54, 1.807) is 6.07 Å². The number of Topliss-reactive ketones (excluding diaryl/α,β-unsaturated/α-hetero) is 1. The molecule has 3 aliphatic rings. The van der Waals surface area contributed by atoms with Crippen LogP contribution in [0.2, 0.25) is 0 Å². The Morgan fingerprint density at radius 1 is 1.30 bits per heavy atom. The van der Waals surface area contributed by atoms with Crippen LogP contribution in [0.15, 0.2) is 24.3 Å². The van der Waals surface area contributed by atoms with Gasteiger partial charge in [-0.3, -0.25) is 4.79 Å². The predicted octanol–water partition coefficient (Wildman–Crippen LogP) is 3.90. The molecule has 0 unspecified atom stereocenters. The second-order valence-corrected chi connectivity index (χ2v) is 6.88. The minimum Gasteiger partial charge on any atom is -0.508 e. The maximum atomic E-state index is 12.2. The van der Waals surface area contributed by atoms with Gasteiger partial charge < -0.3 is 5.11 Å². The van der Waals surface area contributed by atoms with E-state index in [-0.39, 0.29) is 5.41 Å². The zero-order valence-electron chi connectivity index (χ0n) is 11.8. The van der Waals surface area contributed by atoms with Gasteiger partial charge in [0.25, 0.3) is 0 Å². The fourth-order valence-corrected chi connectivity index (χ4v) is 4.86. The molecule has 1 aromatic carbocycles. The highest BCUT2D eigenvalue weighted by Gasteiger charge is 2.53. The molecule has 0 aliphatic heterocycles. The molecule has 4 rings (SSSR count). The Morgan fingerprint density at radius 3 is 3.00 bits per heavy atom. The Kier molecular flexibility index (Phi) is 2.42. The zero-order valence-corrected chi connectivity index (χ0v) is 11.8. The summed E-state index contributed by atoms with van der Waals surface area (Å²) in [7, 11) is 0. The lowest BCUT2D eigenvalue weighted by Crippen LogP contribution is -2.40. The maximum Gasteiger partial charge on any atom is 0.139 e. The molecule has 104 valence electrons. The standard InChI is InChI=1S/C18H20O2/c1-18-9-8-14-13-5-3-12(19)10-11(13)2-4-15(14)16(18)6-7-17(18)20/h2-5,10,14-16,19H,6-9H2,1H3/t14-,15+,16+,18+/m1/s1. The quantitative estimate of drug-likeness (QED) is 0.775. The summed E-state index contributed by atoms with van der Waals surface area (Å²) in [5.74, 6) is 2.35. The Hall–Kier alpha value is -1.57. The number of ketones is 1. The lowest BCUT2D eigenvalue weighted by molar-refractivity contribution is -0.128. The van der Waals surface area contributed by atoms with Crippen molar-refractivity contribution < 1.29 is 9.90 Å². The molecule has 2 fully saturated rings. The van der Waals surface area contributed by atoms with E-state index in [9.17, 15) is 9.90 Å². The van der Waals surface area contributed by atoms with E-state index in [1.807, 2.05) is 6.07 Å². The molecule has 3 aliphatic carbocycles. The first-order valence-electron chi connectivity index (χ1n) is 7.64. The van der Waals surface area contributed by atoms with Crippen LogP contribution in [0.1, 0.15) is 49.7 Å². The van der Waals surface area contributed by atoms with E-state index in [1.165, 1.54) is 5.56 Å². The van der Waals surface area contributed by atoms with Crippen molar-refractivity contribution in [3.8, 4) is 5.75 Å². The minimum atomic E-state index is -0.0834. The molecule has 0 aromatic heterocycles. The van der Waals surface area contributed by atoms with Gasteiger partial charge in [0.05, 0.1) is 0 Å². The first-order valence-corrected chi connectivity index (χ1v) is 7.64. The first kappa shape index (κ1) is 12.2. The molecule has 4 atom stereocenters. The summed E-state index contributed by atoms with van der Waals surface area (Å²) in [4.78, 5) is 12.2. The van der Waals surface area contributed by atoms with E-state index in [4.69, 9.17) is 0 Å². The number of phenolic OH excluding ortho intramolecular Hbond substituents is 1. The summed E-state index contributed by atoms with van der Waals surface area (Å²) in [6, 6.07) is 5.73. The largest absolute Gasteiger partial charge is 0.508 e. The predicted molar refractivity (Wildman–Crippen MR) is 78.4 cm³/mol. The fourth-order valence-electron chi connectivity index (χ4n) is 4.86. The van der Waals surface area contributed by atoms with Crippen molar-refractivity contribution in [1.29, 1.82) is 0 Å². The van der Waals surface area contributed by atoms with Gasteiger partial charge in [0, 0.05) is 11.8 Å². The molecule has 0 heterocycles. The molecule has 2 heteroatoms. The van der Waals surface area contributed by atoms with Gasteiger partial charge in [-0.05, 0) is 60.3 Å². The van der Waals surface area contributed by atoms with Gasteiger partial charge in [-0.25, -0.2) is 0 Å². The third-order valence-corrected chi connectivity index (χ3v) is 6.01. The van der Waals surface area contributed by atoms with Crippen LogP contribution < -0.4 is 0 Å². The van der Waals surface area contributed by atoms with Gasteiger partial charge in [0.1, 0.15) is 11.5 Å². The number of phenols is 1. The van der Waals surface area contributed by atoms with Crippen LogP contribution in [-0.4, -0.2) is 10.9 Å². The van der Waals surface area contributed by atoms with Crippen LogP contribution in [0, 0.1) is 17.3 Å². The highest BCUT2D eigenvalue weighted by molar-refractivity contribution is 5.87. The zero-order chi connectivity index (χ0) is 13.9. The molecule has 0 radical (unpaired) electrons. The van der Waals surface area contributed by atoms with Crippen molar-refractivity contribution in [2.24, 2.45) is 17.3 Å². The Labute approximate surface area is 119 Å². The number of fused-ring (bicyclic) bond motifs is 5. The second kappa shape index (κ2) is 3.97. The number of allylic oxidation sites excluding steroid dienone is 1. The van der Waals surface area contributed by atoms with Crippen LogP contribution in [-0.2, 0) is 4.79 Å². The van der Waals surface area contributed by atoms with Gasteiger partial charge in [0.2, 0.25) is 0 Å². The molecule has 0 bridgehead atoms. The van der Waals surface area contributed by atoms with Crippen molar-refractivity contribution in [2.45, 2.75) is 38.5 Å². The van der Waals surface area contributed by atoms with Crippen LogP contribution in [0.4, 0.5) is 0 Å². The number of carbonyl (C=O) groups excluding carboxylic acids is 1. The maximum absolute atomic E-state index is 12.2. The molecule has 1 N–H and O–H groups in total. The van der Waals surface area contributed by atoms with Gasteiger partial charge in [-0.1, -0.05) is 25.1 Å². The van der Waals surface area contributed by atoms with Gasteiger partial charge >= 0.3 is 0 Å². The van der Waals surface area contributed by atoms with Crippen molar-refractivity contribution >= 4 is 11.9 Å². The molecular formula is C18H20O2. The van der Waals surface area contributed by atoms with Crippen LogP contribution >= 0.6 is 0 Å². The number of aromatic hydroxyl groups is 1. The third kappa shape index (κ3) is 1.48. The van der Waals surface area contributed by atoms with Crippen molar-refractivity contribution in [3.05, 3.63) is 35.4 Å². The lowest BCUT2D eigenvalue weighted by Gasteiger charge is -2.46. The SMILES string of the molecule is C[C@]12CC[C@@H]3c4ccc(O)cc4C=C[C@@H]3[C@@H]1CCC2=O. The summed E-state index contributed by atoms with van der Waals surface area (Å²) in [5, 5.41) is 9.63. The fraction of sp³-hybridized carbons (Fsp3) is 0.500. The molecule has 20 heavy (non-hydrogen) atoms. The number of carbonyl (C=O) groups is 1. The van der Waals surface area contributed by atoms with E-state index >= 15 is 0 Å². The molecular weight excluding hydrogens is 248 g/mol. The molecule has 0 amide bonds. The molecule has 2 saturated carbocycles. The highest BCUT2D eigenvalue weighted by Crippen LogP contribution is 2.58. The van der Waals surface area contributed by atoms with E-state index in [0.29, 0.717) is 29.3 Å². The van der Waals surface area contributed by atoms with Crippen molar-refractivity contribution in [1.82, 2.24) is 0 Å². The average molecular weight is 268 g/mol. The summed E-state index contributed by atoms with van der Waals surface area (Å²) in [5.41, 5.74) is 2.43. The van der Waals surface area contributed by atoms with Crippen LogP contribution in [0.3, 0.4) is 0 Å². The molecule has 2 nitrogen and oxygen atoms in total. The number of rotatable bonds is 0. The molecule has 0 spiro atoms. The summed E-state index contributed by atoms with van der Waals surface area (Å²) in [6.07, 6.45) is 8.37. The topological polar surface area (TPSA) is 37.3 Å². The number of hydrogen-bond acceptors (Lipinski definition) is 2. The highest BCUT2D eigenvalue weighted by atomic mass is 16.3. The van der Waals surface area contributed by atoms with Gasteiger partial charge in [-0.2, -0.15) is 0 Å². The normalized spacial score (nSPS) is 38.2. The number of benzene rings is 1. The molecule has 0 saturated heterocycles. The minimum absolute atomic E-state index is 0.0834. The third-order valence-electron chi connectivity index (χ3n) is 6.01. The smallest absolute Gasteiger partial charge is 0.139 e. The first-order chi connectivity index (χ1) is 9.59. The summed E-state index contributed by atoms with van der Waals surface area (Å²) >= 11 is 0. The van der Waals surface area contributed by atoms with Gasteiger partial charge in [-0.15, -0.1) is 0 Å². The summed E-state index contributed by atoms with van der Waals surface area (Å²) in [6.45, 7) is 2.18. The summed E-state index contributed by atoms with van der Waals surface area (Å²) < 4.78 is 0. The number of hydrogen-bond donors (Lipinski definition) is 1.